The fourth-order valence-corrected chi connectivity index (χ4v) is 4.28. The zero-order chi connectivity index (χ0) is 19.2. The molecule has 0 aliphatic carbocycles. The lowest BCUT2D eigenvalue weighted by atomic mass is 10.3. The van der Waals surface area contributed by atoms with Crippen molar-refractivity contribution in [3.8, 4) is 0 Å². The molecule has 1 aliphatic heterocycles. The topological polar surface area (TPSA) is 61.1 Å². The second-order valence-corrected chi connectivity index (χ2v) is 7.74. The summed E-state index contributed by atoms with van der Waals surface area (Å²) in [5.41, 5.74) is 0.901. The molecule has 9 heteroatoms. The molecule has 4 rings (SSSR count). The van der Waals surface area contributed by atoms with Crippen LogP contribution >= 0.6 is 35.3 Å². The molecular weight excluding hydrogens is 497 g/mol. The van der Waals surface area contributed by atoms with E-state index < -0.39 is 0 Å². The fraction of sp³-hybridized carbons (Fsp3) is 0.450. The number of aromatic nitrogens is 3. The zero-order valence-corrected chi connectivity index (χ0v) is 19.8. The van der Waals surface area contributed by atoms with Gasteiger partial charge in [0.05, 0.1) is 5.00 Å². The molecule has 0 aromatic carbocycles. The van der Waals surface area contributed by atoms with Gasteiger partial charge in [0, 0.05) is 51.9 Å². The molecule has 29 heavy (non-hydrogen) atoms. The van der Waals surface area contributed by atoms with Crippen LogP contribution in [0.15, 0.2) is 46.9 Å². The van der Waals surface area contributed by atoms with E-state index in [1.807, 2.05) is 35.7 Å². The van der Waals surface area contributed by atoms with Crippen LogP contribution in [0.25, 0.3) is 5.65 Å². The lowest BCUT2D eigenvalue weighted by Crippen LogP contribution is -2.52. The van der Waals surface area contributed by atoms with Gasteiger partial charge in [-0.05, 0) is 43.0 Å². The van der Waals surface area contributed by atoms with E-state index in [0.29, 0.717) is 0 Å². The molecule has 0 saturated carbocycles. The maximum atomic E-state index is 4.86. The molecule has 0 unspecified atom stereocenters. The third-order valence-electron chi connectivity index (χ3n) is 4.94. The molecule has 1 fully saturated rings. The van der Waals surface area contributed by atoms with E-state index >= 15 is 0 Å². The van der Waals surface area contributed by atoms with E-state index in [4.69, 9.17) is 4.99 Å². The lowest BCUT2D eigenvalue weighted by Gasteiger charge is -2.37. The predicted octanol–water partition coefficient (Wildman–Crippen LogP) is 3.13. The first-order valence-corrected chi connectivity index (χ1v) is 10.8. The number of hydrogen-bond donors (Lipinski definition) is 1. The van der Waals surface area contributed by atoms with Gasteiger partial charge >= 0.3 is 0 Å². The summed E-state index contributed by atoms with van der Waals surface area (Å²) in [4.78, 5) is 9.70. The molecule has 156 valence electrons. The van der Waals surface area contributed by atoms with Gasteiger partial charge in [0.2, 0.25) is 0 Å². The minimum absolute atomic E-state index is 0. The minimum Gasteiger partial charge on any atom is -0.360 e. The number of nitrogens with zero attached hydrogens (tertiary/aromatic N) is 6. The van der Waals surface area contributed by atoms with Gasteiger partial charge in [-0.2, -0.15) is 0 Å². The zero-order valence-electron chi connectivity index (χ0n) is 16.7. The average Bonchev–Trinajstić information content (AvgIpc) is 3.41. The molecule has 1 saturated heterocycles. The number of anilines is 1. The SMILES string of the molecule is CCNC(=NCCCc1nnc2ccccn12)N1CCN(c2cccs2)CC1.I. The number of fused-ring (bicyclic) bond motifs is 1. The molecule has 1 aliphatic rings. The Balaban J connectivity index is 0.00000240. The van der Waals surface area contributed by atoms with Gasteiger partial charge in [-0.15, -0.1) is 45.5 Å². The highest BCUT2D eigenvalue weighted by molar-refractivity contribution is 14.0. The summed E-state index contributed by atoms with van der Waals surface area (Å²) >= 11 is 1.81. The molecular formula is C20H28IN7S. The second kappa shape index (κ2) is 10.8. The molecule has 1 N–H and O–H groups in total. The van der Waals surface area contributed by atoms with Crippen molar-refractivity contribution >= 4 is 51.9 Å². The lowest BCUT2D eigenvalue weighted by molar-refractivity contribution is 0.373. The molecule has 3 aromatic heterocycles. The first kappa shape index (κ1) is 21.8. The van der Waals surface area contributed by atoms with Gasteiger partial charge in [0.15, 0.2) is 11.6 Å². The van der Waals surface area contributed by atoms with Crippen molar-refractivity contribution in [2.45, 2.75) is 19.8 Å². The van der Waals surface area contributed by atoms with Gasteiger partial charge < -0.3 is 15.1 Å². The summed E-state index contributed by atoms with van der Waals surface area (Å²) in [6.45, 7) is 7.87. The number of nitrogens with one attached hydrogen (secondary N) is 1. The van der Waals surface area contributed by atoms with Crippen LogP contribution in [0.1, 0.15) is 19.2 Å². The van der Waals surface area contributed by atoms with E-state index in [0.717, 1.165) is 69.5 Å². The molecule has 0 spiro atoms. The number of rotatable bonds is 6. The van der Waals surface area contributed by atoms with Crippen LogP contribution < -0.4 is 10.2 Å². The Morgan fingerprint density at radius 1 is 1.14 bits per heavy atom. The number of halogens is 1. The maximum Gasteiger partial charge on any atom is 0.194 e. The number of pyridine rings is 1. The summed E-state index contributed by atoms with van der Waals surface area (Å²) in [6.07, 6.45) is 3.85. The molecule has 4 heterocycles. The van der Waals surface area contributed by atoms with Crippen molar-refractivity contribution in [1.29, 1.82) is 0 Å². The van der Waals surface area contributed by atoms with Crippen molar-refractivity contribution in [2.75, 3.05) is 44.2 Å². The summed E-state index contributed by atoms with van der Waals surface area (Å²) in [5.74, 6) is 2.03. The Kier molecular flexibility index (Phi) is 8.10. The smallest absolute Gasteiger partial charge is 0.194 e. The third kappa shape index (κ3) is 5.39. The highest BCUT2D eigenvalue weighted by atomic mass is 127. The van der Waals surface area contributed by atoms with Gasteiger partial charge in [0.1, 0.15) is 5.82 Å². The standard InChI is InChI=1S/C20H27N7S.HI/c1-2-21-20(26-14-12-25(13-15-26)19-9-6-16-28-19)22-10-5-8-18-24-23-17-7-3-4-11-27(17)18;/h3-4,6-7,9,11,16H,2,5,8,10,12-15H2,1H3,(H,21,22);1H. The number of thiophene rings is 1. The molecule has 0 radical (unpaired) electrons. The van der Waals surface area contributed by atoms with Crippen LogP contribution in [0, 0.1) is 0 Å². The van der Waals surface area contributed by atoms with Crippen LogP contribution in [0.5, 0.6) is 0 Å². The first-order chi connectivity index (χ1) is 13.8. The van der Waals surface area contributed by atoms with E-state index in [1.54, 1.807) is 0 Å². The van der Waals surface area contributed by atoms with Gasteiger partial charge in [-0.1, -0.05) is 6.07 Å². The monoisotopic (exact) mass is 525 g/mol. The fourth-order valence-electron chi connectivity index (χ4n) is 3.50. The Labute approximate surface area is 192 Å². The molecule has 3 aromatic rings. The Hall–Kier alpha value is -1.88. The van der Waals surface area contributed by atoms with Gasteiger partial charge in [-0.25, -0.2) is 0 Å². The maximum absolute atomic E-state index is 4.86. The number of aryl methyl sites for hydroxylation is 1. The largest absolute Gasteiger partial charge is 0.360 e. The van der Waals surface area contributed by atoms with Crippen molar-refractivity contribution in [1.82, 2.24) is 24.8 Å². The van der Waals surface area contributed by atoms with Crippen LogP contribution in [-0.4, -0.2) is 64.7 Å². The van der Waals surface area contributed by atoms with Crippen molar-refractivity contribution in [2.24, 2.45) is 4.99 Å². The normalized spacial score (nSPS) is 14.9. The van der Waals surface area contributed by atoms with Crippen molar-refractivity contribution in [3.63, 3.8) is 0 Å². The number of guanidine groups is 1. The molecule has 0 atom stereocenters. The number of aliphatic imine (C=N–C) groups is 1. The van der Waals surface area contributed by atoms with Crippen LogP contribution in [0.3, 0.4) is 0 Å². The first-order valence-electron chi connectivity index (χ1n) is 9.95. The van der Waals surface area contributed by atoms with E-state index in [9.17, 15) is 0 Å². The van der Waals surface area contributed by atoms with E-state index in [-0.39, 0.29) is 24.0 Å². The quantitative estimate of drug-likeness (QED) is 0.232. The highest BCUT2D eigenvalue weighted by Gasteiger charge is 2.20. The Bertz CT molecular complexity index is 901. The second-order valence-electron chi connectivity index (χ2n) is 6.81. The summed E-state index contributed by atoms with van der Waals surface area (Å²) in [6, 6.07) is 10.3. The number of hydrogen-bond acceptors (Lipinski definition) is 5. The average molecular weight is 525 g/mol. The molecule has 0 amide bonds. The Morgan fingerprint density at radius 3 is 2.76 bits per heavy atom. The van der Waals surface area contributed by atoms with Gasteiger partial charge in [-0.3, -0.25) is 9.39 Å². The van der Waals surface area contributed by atoms with Crippen LogP contribution in [-0.2, 0) is 6.42 Å². The summed E-state index contributed by atoms with van der Waals surface area (Å²) in [5, 5.41) is 15.5. The van der Waals surface area contributed by atoms with Crippen LogP contribution in [0.2, 0.25) is 0 Å². The molecule has 0 bridgehead atoms. The van der Waals surface area contributed by atoms with Crippen molar-refractivity contribution in [3.05, 3.63) is 47.7 Å². The van der Waals surface area contributed by atoms with E-state index in [1.165, 1.54) is 5.00 Å². The summed E-state index contributed by atoms with van der Waals surface area (Å²) < 4.78 is 2.05. The van der Waals surface area contributed by atoms with E-state index in [2.05, 4.69) is 54.2 Å². The summed E-state index contributed by atoms with van der Waals surface area (Å²) in [7, 11) is 0. The van der Waals surface area contributed by atoms with Gasteiger partial charge in [0.25, 0.3) is 0 Å². The van der Waals surface area contributed by atoms with Crippen molar-refractivity contribution < 1.29 is 0 Å². The Morgan fingerprint density at radius 2 is 2.00 bits per heavy atom. The number of piperazine rings is 1. The molecule has 7 nitrogen and oxygen atoms in total. The third-order valence-corrected chi connectivity index (χ3v) is 5.87. The highest BCUT2D eigenvalue weighted by Crippen LogP contribution is 2.22. The predicted molar refractivity (Wildman–Crippen MR) is 131 cm³/mol. The van der Waals surface area contributed by atoms with Crippen LogP contribution in [0.4, 0.5) is 5.00 Å². The minimum atomic E-state index is 0.